The van der Waals surface area contributed by atoms with E-state index in [1.807, 2.05) is 31.2 Å². The summed E-state index contributed by atoms with van der Waals surface area (Å²) in [7, 11) is 3.13. The van der Waals surface area contributed by atoms with Gasteiger partial charge in [0.25, 0.3) is 0 Å². The molecule has 0 aliphatic carbocycles. The topological polar surface area (TPSA) is 76.0 Å². The highest BCUT2D eigenvalue weighted by atomic mass is 16.5. The van der Waals surface area contributed by atoms with Crippen molar-refractivity contribution in [1.29, 1.82) is 0 Å². The standard InChI is InChI=1S/C19H19N3O3/c1-12-9-17(15-10-14(24-2)7-8-16(15)21-12)22-20-11-13-5-4-6-18(25-3)19(13)23/h4-11,23H,1-3H3,(H,21,22)/b20-11-. The van der Waals surface area contributed by atoms with Crippen molar-refractivity contribution in [2.75, 3.05) is 19.6 Å². The Hall–Kier alpha value is -3.28. The van der Waals surface area contributed by atoms with Crippen molar-refractivity contribution in [2.45, 2.75) is 6.92 Å². The highest BCUT2D eigenvalue weighted by Gasteiger charge is 2.07. The normalized spacial score (nSPS) is 11.0. The van der Waals surface area contributed by atoms with Crippen LogP contribution in [0.5, 0.6) is 17.2 Å². The fourth-order valence-electron chi connectivity index (χ4n) is 2.54. The fraction of sp³-hybridized carbons (Fsp3) is 0.158. The molecule has 6 heteroatoms. The van der Waals surface area contributed by atoms with E-state index in [9.17, 15) is 5.11 Å². The molecule has 128 valence electrons. The molecule has 0 aliphatic rings. The quantitative estimate of drug-likeness (QED) is 0.548. The van der Waals surface area contributed by atoms with Crippen LogP contribution < -0.4 is 14.9 Å². The number of phenolic OH excluding ortho intramolecular Hbond substituents is 1. The minimum Gasteiger partial charge on any atom is -0.504 e. The second kappa shape index (κ2) is 7.09. The van der Waals surface area contributed by atoms with Crippen LogP contribution in [0.3, 0.4) is 0 Å². The first-order valence-corrected chi connectivity index (χ1v) is 7.73. The van der Waals surface area contributed by atoms with Gasteiger partial charge in [-0.3, -0.25) is 10.4 Å². The van der Waals surface area contributed by atoms with E-state index >= 15 is 0 Å². The van der Waals surface area contributed by atoms with Crippen molar-refractivity contribution < 1.29 is 14.6 Å². The third-order valence-electron chi connectivity index (χ3n) is 3.78. The summed E-state index contributed by atoms with van der Waals surface area (Å²) in [4.78, 5) is 4.51. The third kappa shape index (κ3) is 3.47. The average molecular weight is 337 g/mol. The minimum atomic E-state index is 0.0491. The molecule has 3 aromatic rings. The van der Waals surface area contributed by atoms with Gasteiger partial charge in [0.05, 0.1) is 31.6 Å². The number of hydrogen-bond acceptors (Lipinski definition) is 6. The van der Waals surface area contributed by atoms with E-state index in [0.717, 1.165) is 28.0 Å². The number of hydrogen-bond donors (Lipinski definition) is 2. The molecule has 0 bridgehead atoms. The summed E-state index contributed by atoms with van der Waals surface area (Å²) >= 11 is 0. The van der Waals surface area contributed by atoms with Crippen molar-refractivity contribution in [2.24, 2.45) is 5.10 Å². The van der Waals surface area contributed by atoms with E-state index in [1.165, 1.54) is 7.11 Å². The molecule has 0 radical (unpaired) electrons. The largest absolute Gasteiger partial charge is 0.504 e. The van der Waals surface area contributed by atoms with Crippen molar-refractivity contribution in [1.82, 2.24) is 4.98 Å². The molecule has 0 unspecified atom stereocenters. The van der Waals surface area contributed by atoms with Crippen molar-refractivity contribution in [3.63, 3.8) is 0 Å². The summed E-state index contributed by atoms with van der Waals surface area (Å²) in [5.41, 5.74) is 6.10. The lowest BCUT2D eigenvalue weighted by Crippen LogP contribution is -1.96. The zero-order valence-corrected chi connectivity index (χ0v) is 14.3. The molecule has 1 heterocycles. The molecular weight excluding hydrogens is 318 g/mol. The maximum Gasteiger partial charge on any atom is 0.166 e. The number of benzene rings is 2. The summed E-state index contributed by atoms with van der Waals surface area (Å²) in [6.07, 6.45) is 1.54. The zero-order chi connectivity index (χ0) is 17.8. The SMILES string of the molecule is COc1ccc2nc(C)cc(N/N=C\c3cccc(OC)c3O)c2c1. The van der Waals surface area contributed by atoms with Gasteiger partial charge < -0.3 is 14.6 Å². The average Bonchev–Trinajstić information content (AvgIpc) is 2.62. The lowest BCUT2D eigenvalue weighted by molar-refractivity contribution is 0.373. The van der Waals surface area contributed by atoms with Gasteiger partial charge in [0.15, 0.2) is 11.5 Å². The number of nitrogens with zero attached hydrogens (tertiary/aromatic N) is 2. The van der Waals surface area contributed by atoms with Crippen LogP contribution in [0.1, 0.15) is 11.3 Å². The second-order valence-corrected chi connectivity index (χ2v) is 5.46. The summed E-state index contributed by atoms with van der Waals surface area (Å²) < 4.78 is 10.4. The molecule has 2 N–H and O–H groups in total. The van der Waals surface area contributed by atoms with Gasteiger partial charge in [-0.05, 0) is 43.3 Å². The number of aromatic nitrogens is 1. The van der Waals surface area contributed by atoms with E-state index in [2.05, 4.69) is 15.5 Å². The zero-order valence-electron chi connectivity index (χ0n) is 14.3. The van der Waals surface area contributed by atoms with E-state index in [1.54, 1.807) is 31.5 Å². The number of aromatic hydroxyl groups is 1. The van der Waals surface area contributed by atoms with Crippen LogP contribution in [0.4, 0.5) is 5.69 Å². The van der Waals surface area contributed by atoms with Crippen LogP contribution in [0.25, 0.3) is 10.9 Å². The Morgan fingerprint density at radius 2 is 1.96 bits per heavy atom. The first-order valence-electron chi connectivity index (χ1n) is 7.73. The van der Waals surface area contributed by atoms with Crippen LogP contribution in [0.15, 0.2) is 47.6 Å². The Balaban J connectivity index is 1.93. The Morgan fingerprint density at radius 1 is 1.12 bits per heavy atom. The van der Waals surface area contributed by atoms with Crippen LogP contribution in [-0.4, -0.2) is 30.5 Å². The molecule has 6 nitrogen and oxygen atoms in total. The lowest BCUT2D eigenvalue weighted by Gasteiger charge is -2.09. The van der Waals surface area contributed by atoms with Gasteiger partial charge in [-0.1, -0.05) is 6.07 Å². The van der Waals surface area contributed by atoms with Gasteiger partial charge in [-0.15, -0.1) is 0 Å². The van der Waals surface area contributed by atoms with Crippen LogP contribution in [0.2, 0.25) is 0 Å². The number of para-hydroxylation sites is 1. The summed E-state index contributed by atoms with van der Waals surface area (Å²) in [6, 6.07) is 12.8. The molecule has 0 saturated heterocycles. The number of anilines is 1. The number of phenols is 1. The van der Waals surface area contributed by atoms with Crippen LogP contribution >= 0.6 is 0 Å². The summed E-state index contributed by atoms with van der Waals surface area (Å²) in [5, 5.41) is 15.2. The molecule has 0 atom stereocenters. The molecule has 0 fully saturated rings. The molecular formula is C19H19N3O3. The van der Waals surface area contributed by atoms with Gasteiger partial charge in [-0.2, -0.15) is 5.10 Å². The van der Waals surface area contributed by atoms with Gasteiger partial charge in [-0.25, -0.2) is 0 Å². The Morgan fingerprint density at radius 3 is 2.72 bits per heavy atom. The van der Waals surface area contributed by atoms with Crippen molar-refractivity contribution >= 4 is 22.8 Å². The molecule has 0 saturated carbocycles. The van der Waals surface area contributed by atoms with Crippen LogP contribution in [0, 0.1) is 6.92 Å². The number of hydrazone groups is 1. The second-order valence-electron chi connectivity index (χ2n) is 5.46. The number of pyridine rings is 1. The lowest BCUT2D eigenvalue weighted by atomic mass is 10.1. The predicted molar refractivity (Wildman–Crippen MR) is 98.9 cm³/mol. The van der Waals surface area contributed by atoms with Gasteiger partial charge >= 0.3 is 0 Å². The highest BCUT2D eigenvalue weighted by molar-refractivity contribution is 5.93. The predicted octanol–water partition coefficient (Wildman–Crippen LogP) is 3.71. The summed E-state index contributed by atoms with van der Waals surface area (Å²) in [5.74, 6) is 1.20. The number of ether oxygens (including phenoxy) is 2. The van der Waals surface area contributed by atoms with Gasteiger partial charge in [0, 0.05) is 16.6 Å². The molecule has 0 aliphatic heterocycles. The number of methoxy groups -OCH3 is 2. The van der Waals surface area contributed by atoms with Gasteiger partial charge in [0.2, 0.25) is 0 Å². The van der Waals surface area contributed by atoms with E-state index in [4.69, 9.17) is 9.47 Å². The number of aryl methyl sites for hydroxylation is 1. The molecule has 0 spiro atoms. The maximum absolute atomic E-state index is 10.1. The number of fused-ring (bicyclic) bond motifs is 1. The minimum absolute atomic E-state index is 0.0491. The maximum atomic E-state index is 10.1. The number of nitrogens with one attached hydrogen (secondary N) is 1. The van der Waals surface area contributed by atoms with E-state index in [-0.39, 0.29) is 5.75 Å². The van der Waals surface area contributed by atoms with E-state index < -0.39 is 0 Å². The molecule has 0 amide bonds. The van der Waals surface area contributed by atoms with Gasteiger partial charge in [0.1, 0.15) is 5.75 Å². The van der Waals surface area contributed by atoms with E-state index in [0.29, 0.717) is 11.3 Å². The van der Waals surface area contributed by atoms with Crippen molar-refractivity contribution in [3.05, 3.63) is 53.7 Å². The Kier molecular flexibility index (Phi) is 4.70. The van der Waals surface area contributed by atoms with Crippen molar-refractivity contribution in [3.8, 4) is 17.2 Å². The Labute approximate surface area is 145 Å². The first kappa shape index (κ1) is 16.6. The smallest absolute Gasteiger partial charge is 0.166 e. The third-order valence-corrected chi connectivity index (χ3v) is 3.78. The Bertz CT molecular complexity index is 939. The molecule has 1 aromatic heterocycles. The van der Waals surface area contributed by atoms with Crippen LogP contribution in [-0.2, 0) is 0 Å². The fourth-order valence-corrected chi connectivity index (χ4v) is 2.54. The number of rotatable bonds is 5. The first-order chi connectivity index (χ1) is 12.1. The highest BCUT2D eigenvalue weighted by Crippen LogP contribution is 2.29. The molecule has 3 rings (SSSR count). The monoisotopic (exact) mass is 337 g/mol. The molecule has 25 heavy (non-hydrogen) atoms. The molecule has 2 aromatic carbocycles. The summed E-state index contributed by atoms with van der Waals surface area (Å²) in [6.45, 7) is 1.92.